The summed E-state index contributed by atoms with van der Waals surface area (Å²) in [5, 5.41) is 8.65. The second kappa shape index (κ2) is 6.10. The van der Waals surface area contributed by atoms with E-state index in [-0.39, 0.29) is 5.97 Å². The summed E-state index contributed by atoms with van der Waals surface area (Å²) >= 11 is 0. The number of methoxy groups -OCH3 is 1. The molecule has 0 unspecified atom stereocenters. The quantitative estimate of drug-likeness (QED) is 0.846. The Morgan fingerprint density at radius 3 is 2.90 bits per heavy atom. The van der Waals surface area contributed by atoms with E-state index in [9.17, 15) is 4.79 Å². The van der Waals surface area contributed by atoms with Crippen molar-refractivity contribution in [1.82, 2.24) is 10.3 Å². The molecule has 5 nitrogen and oxygen atoms in total. The van der Waals surface area contributed by atoms with Crippen LogP contribution in [0.4, 0.5) is 5.82 Å². The number of ether oxygens (including phenoxy) is 1. The van der Waals surface area contributed by atoms with Crippen LogP contribution in [0.3, 0.4) is 0 Å². The van der Waals surface area contributed by atoms with Crippen molar-refractivity contribution in [2.24, 2.45) is 0 Å². The fraction of sp³-hybridized carbons (Fsp3) is 0.375. The first-order valence-electron chi connectivity index (χ1n) is 7.23. The molecular weight excluding hydrogens is 266 g/mol. The van der Waals surface area contributed by atoms with Crippen LogP contribution in [0.15, 0.2) is 30.5 Å². The van der Waals surface area contributed by atoms with E-state index in [4.69, 9.17) is 4.74 Å². The molecule has 21 heavy (non-hydrogen) atoms. The second-order valence-electron chi connectivity index (χ2n) is 5.22. The summed E-state index contributed by atoms with van der Waals surface area (Å²) in [6.45, 7) is 2.01. The minimum atomic E-state index is -0.332. The Bertz CT molecular complexity index is 646. The summed E-state index contributed by atoms with van der Waals surface area (Å²) in [6, 6.07) is 7.92. The largest absolute Gasteiger partial charge is 0.465 e. The van der Waals surface area contributed by atoms with Gasteiger partial charge in [-0.3, -0.25) is 0 Å². The van der Waals surface area contributed by atoms with Crippen LogP contribution in [0.25, 0.3) is 10.8 Å². The zero-order chi connectivity index (χ0) is 14.7. The van der Waals surface area contributed by atoms with Crippen molar-refractivity contribution in [3.63, 3.8) is 0 Å². The number of rotatable bonds is 3. The molecule has 0 amide bonds. The number of esters is 1. The average molecular weight is 285 g/mol. The number of fused-ring (bicyclic) bond motifs is 1. The Kier molecular flexibility index (Phi) is 4.01. The monoisotopic (exact) mass is 285 g/mol. The highest BCUT2D eigenvalue weighted by molar-refractivity contribution is 6.08. The number of carbonyl (C=O) groups is 1. The number of hydrogen-bond donors (Lipinski definition) is 2. The van der Waals surface area contributed by atoms with E-state index in [0.29, 0.717) is 11.6 Å². The van der Waals surface area contributed by atoms with E-state index >= 15 is 0 Å². The molecular formula is C16H19N3O2. The number of pyridine rings is 1. The molecule has 1 fully saturated rings. The van der Waals surface area contributed by atoms with E-state index in [0.717, 1.165) is 42.5 Å². The van der Waals surface area contributed by atoms with Gasteiger partial charge >= 0.3 is 5.97 Å². The van der Waals surface area contributed by atoms with Crippen LogP contribution in [0.2, 0.25) is 0 Å². The molecule has 5 heteroatoms. The van der Waals surface area contributed by atoms with Gasteiger partial charge in [-0.25, -0.2) is 9.78 Å². The molecule has 0 aliphatic carbocycles. The van der Waals surface area contributed by atoms with Crippen LogP contribution in [-0.4, -0.2) is 37.2 Å². The van der Waals surface area contributed by atoms with Crippen LogP contribution in [0, 0.1) is 0 Å². The minimum Gasteiger partial charge on any atom is -0.465 e. The molecule has 3 rings (SSSR count). The summed E-state index contributed by atoms with van der Waals surface area (Å²) in [5.74, 6) is 0.433. The third kappa shape index (κ3) is 2.83. The van der Waals surface area contributed by atoms with Crippen molar-refractivity contribution in [1.29, 1.82) is 0 Å². The third-order valence-electron chi connectivity index (χ3n) is 3.88. The highest BCUT2D eigenvalue weighted by atomic mass is 16.5. The van der Waals surface area contributed by atoms with E-state index in [1.807, 2.05) is 18.2 Å². The fourth-order valence-electron chi connectivity index (χ4n) is 2.78. The number of piperidine rings is 1. The van der Waals surface area contributed by atoms with Gasteiger partial charge in [0.25, 0.3) is 0 Å². The third-order valence-corrected chi connectivity index (χ3v) is 3.88. The van der Waals surface area contributed by atoms with Crippen molar-refractivity contribution in [3.8, 4) is 0 Å². The maximum absolute atomic E-state index is 12.0. The lowest BCUT2D eigenvalue weighted by molar-refractivity contribution is 0.0603. The van der Waals surface area contributed by atoms with Gasteiger partial charge in [-0.1, -0.05) is 12.1 Å². The van der Waals surface area contributed by atoms with Crippen LogP contribution >= 0.6 is 0 Å². The molecule has 1 aliphatic rings. The highest BCUT2D eigenvalue weighted by Crippen LogP contribution is 2.27. The van der Waals surface area contributed by atoms with Crippen molar-refractivity contribution >= 4 is 22.6 Å². The van der Waals surface area contributed by atoms with E-state index < -0.39 is 0 Å². The Balaban J connectivity index is 2.02. The first-order valence-corrected chi connectivity index (χ1v) is 7.23. The molecule has 0 atom stereocenters. The molecule has 1 aromatic carbocycles. The summed E-state index contributed by atoms with van der Waals surface area (Å²) in [6.07, 6.45) is 3.88. The molecule has 1 aliphatic heterocycles. The Labute approximate surface area is 123 Å². The summed E-state index contributed by atoms with van der Waals surface area (Å²) < 4.78 is 4.88. The number of benzene rings is 1. The number of anilines is 1. The number of nitrogens with one attached hydrogen (secondary N) is 2. The lowest BCUT2D eigenvalue weighted by Gasteiger charge is -2.25. The molecule has 0 spiro atoms. The molecule has 0 saturated carbocycles. The Morgan fingerprint density at radius 2 is 2.14 bits per heavy atom. The SMILES string of the molecule is COC(=O)c1cccc2ccnc(NC3CCNCC3)c12. The van der Waals surface area contributed by atoms with E-state index in [2.05, 4.69) is 15.6 Å². The number of hydrogen-bond acceptors (Lipinski definition) is 5. The molecule has 1 aromatic heterocycles. The van der Waals surface area contributed by atoms with Gasteiger partial charge in [0.15, 0.2) is 0 Å². The van der Waals surface area contributed by atoms with Crippen LogP contribution in [0.1, 0.15) is 23.2 Å². The molecule has 1 saturated heterocycles. The van der Waals surface area contributed by atoms with Crippen LogP contribution in [0.5, 0.6) is 0 Å². The zero-order valence-electron chi connectivity index (χ0n) is 12.1. The van der Waals surface area contributed by atoms with E-state index in [1.54, 1.807) is 12.3 Å². The van der Waals surface area contributed by atoms with Crippen molar-refractivity contribution in [3.05, 3.63) is 36.0 Å². The van der Waals surface area contributed by atoms with Gasteiger partial charge in [0.05, 0.1) is 12.7 Å². The lowest BCUT2D eigenvalue weighted by Crippen LogP contribution is -2.35. The fourth-order valence-corrected chi connectivity index (χ4v) is 2.78. The Hall–Kier alpha value is -2.14. The predicted molar refractivity (Wildman–Crippen MR) is 82.6 cm³/mol. The van der Waals surface area contributed by atoms with Crippen LogP contribution in [-0.2, 0) is 4.74 Å². The molecule has 2 N–H and O–H groups in total. The van der Waals surface area contributed by atoms with Gasteiger partial charge < -0.3 is 15.4 Å². The number of nitrogens with zero attached hydrogens (tertiary/aromatic N) is 1. The van der Waals surface area contributed by atoms with Gasteiger partial charge in [0, 0.05) is 17.6 Å². The van der Waals surface area contributed by atoms with Gasteiger partial charge in [-0.05, 0) is 43.5 Å². The standard InChI is InChI=1S/C16H19N3O2/c1-21-16(20)13-4-2-3-11-5-10-18-15(14(11)13)19-12-6-8-17-9-7-12/h2-5,10,12,17H,6-9H2,1H3,(H,18,19). The lowest BCUT2D eigenvalue weighted by atomic mass is 10.0. The molecule has 2 aromatic rings. The van der Waals surface area contributed by atoms with E-state index in [1.165, 1.54) is 7.11 Å². The van der Waals surface area contributed by atoms with Gasteiger partial charge in [-0.2, -0.15) is 0 Å². The maximum Gasteiger partial charge on any atom is 0.338 e. The average Bonchev–Trinajstić information content (AvgIpc) is 2.55. The zero-order valence-corrected chi connectivity index (χ0v) is 12.1. The Morgan fingerprint density at radius 1 is 1.33 bits per heavy atom. The number of carbonyl (C=O) groups excluding carboxylic acids is 1. The first kappa shape index (κ1) is 13.8. The molecule has 0 bridgehead atoms. The summed E-state index contributed by atoms with van der Waals surface area (Å²) in [7, 11) is 1.40. The second-order valence-corrected chi connectivity index (χ2v) is 5.22. The van der Waals surface area contributed by atoms with Crippen molar-refractivity contribution in [2.75, 3.05) is 25.5 Å². The minimum absolute atomic E-state index is 0.332. The maximum atomic E-state index is 12.0. The van der Waals surface area contributed by atoms with Gasteiger partial charge in [0.1, 0.15) is 5.82 Å². The first-order chi connectivity index (χ1) is 10.3. The summed E-state index contributed by atoms with van der Waals surface area (Å²) in [5.41, 5.74) is 0.555. The smallest absolute Gasteiger partial charge is 0.338 e. The van der Waals surface area contributed by atoms with Crippen LogP contribution < -0.4 is 10.6 Å². The van der Waals surface area contributed by atoms with Crippen molar-refractivity contribution < 1.29 is 9.53 Å². The normalized spacial score (nSPS) is 15.9. The summed E-state index contributed by atoms with van der Waals surface area (Å²) in [4.78, 5) is 16.4. The predicted octanol–water partition coefficient (Wildman–Crippen LogP) is 2.19. The molecule has 0 radical (unpaired) electrons. The van der Waals surface area contributed by atoms with Gasteiger partial charge in [0.2, 0.25) is 0 Å². The topological polar surface area (TPSA) is 63.2 Å². The number of aromatic nitrogens is 1. The molecule has 110 valence electrons. The van der Waals surface area contributed by atoms with Crippen molar-refractivity contribution in [2.45, 2.75) is 18.9 Å². The van der Waals surface area contributed by atoms with Gasteiger partial charge in [-0.15, -0.1) is 0 Å². The highest BCUT2D eigenvalue weighted by Gasteiger charge is 2.18. The molecule has 2 heterocycles.